The van der Waals surface area contributed by atoms with E-state index in [0.29, 0.717) is 0 Å². The molecule has 6 nitrogen and oxygen atoms in total. The van der Waals surface area contributed by atoms with Crippen molar-refractivity contribution in [2.75, 3.05) is 17.3 Å². The van der Waals surface area contributed by atoms with Crippen LogP contribution in [0.1, 0.15) is 19.3 Å². The Morgan fingerprint density at radius 1 is 1.53 bits per heavy atom. The van der Waals surface area contributed by atoms with E-state index in [4.69, 9.17) is 5.84 Å². The molecule has 0 aliphatic heterocycles. The van der Waals surface area contributed by atoms with Crippen LogP contribution in [0.25, 0.3) is 0 Å². The molecule has 94 valence electrons. The summed E-state index contributed by atoms with van der Waals surface area (Å²) in [6.07, 6.45) is 3.94. The van der Waals surface area contributed by atoms with Gasteiger partial charge in [0.2, 0.25) is 5.95 Å². The van der Waals surface area contributed by atoms with E-state index >= 15 is 0 Å². The van der Waals surface area contributed by atoms with Gasteiger partial charge >= 0.3 is 0 Å². The van der Waals surface area contributed by atoms with Gasteiger partial charge in [0.15, 0.2) is 11.6 Å². The summed E-state index contributed by atoms with van der Waals surface area (Å²) in [7, 11) is 0. The van der Waals surface area contributed by atoms with Gasteiger partial charge in [-0.2, -0.15) is 4.98 Å². The number of nitrogens with one attached hydrogen (secondary N) is 2. The maximum Gasteiger partial charge on any atom is 0.239 e. The maximum atomic E-state index is 13.5. The predicted octanol–water partition coefficient (Wildman–Crippen LogP) is 0.474. The van der Waals surface area contributed by atoms with Crippen molar-refractivity contribution in [3.8, 4) is 0 Å². The Morgan fingerprint density at radius 2 is 2.35 bits per heavy atom. The van der Waals surface area contributed by atoms with Crippen molar-refractivity contribution in [2.24, 2.45) is 11.8 Å². The highest BCUT2D eigenvalue weighted by molar-refractivity contribution is 5.41. The Morgan fingerprint density at radius 3 is 3.06 bits per heavy atom. The number of aliphatic hydroxyl groups is 1. The Labute approximate surface area is 98.4 Å². The molecule has 17 heavy (non-hydrogen) atoms. The predicted molar refractivity (Wildman–Crippen MR) is 61.6 cm³/mol. The van der Waals surface area contributed by atoms with Gasteiger partial charge in [-0.1, -0.05) is 6.42 Å². The van der Waals surface area contributed by atoms with Crippen molar-refractivity contribution in [3.05, 3.63) is 12.0 Å². The summed E-state index contributed by atoms with van der Waals surface area (Å²) >= 11 is 0. The van der Waals surface area contributed by atoms with Gasteiger partial charge in [0.05, 0.1) is 6.20 Å². The van der Waals surface area contributed by atoms with Crippen molar-refractivity contribution >= 4 is 11.8 Å². The van der Waals surface area contributed by atoms with Crippen LogP contribution in [0.5, 0.6) is 0 Å². The molecule has 2 atom stereocenters. The lowest BCUT2D eigenvalue weighted by Crippen LogP contribution is -2.27. The van der Waals surface area contributed by atoms with Gasteiger partial charge < -0.3 is 10.4 Å². The normalized spacial score (nSPS) is 23.7. The standard InChI is InChI=1S/C10H16FN5O/c11-7-4-13-10(16-12)15-9(7)14-8-3-1-2-6(8)5-17/h4,6,8,17H,1-3,5,12H2,(H2,13,14,15,16). The molecule has 0 spiro atoms. The summed E-state index contributed by atoms with van der Waals surface area (Å²) in [5.74, 6) is 5.08. The number of nitrogens with zero attached hydrogens (tertiary/aromatic N) is 2. The molecule has 1 heterocycles. The third-order valence-corrected chi connectivity index (χ3v) is 3.09. The molecule has 0 bridgehead atoms. The highest BCUT2D eigenvalue weighted by Crippen LogP contribution is 2.28. The second-order valence-corrected chi connectivity index (χ2v) is 4.16. The maximum absolute atomic E-state index is 13.5. The zero-order valence-corrected chi connectivity index (χ0v) is 9.36. The van der Waals surface area contributed by atoms with Crippen molar-refractivity contribution in [3.63, 3.8) is 0 Å². The first-order valence-corrected chi connectivity index (χ1v) is 5.61. The van der Waals surface area contributed by atoms with Crippen LogP contribution in [0.2, 0.25) is 0 Å². The second kappa shape index (κ2) is 5.24. The SMILES string of the molecule is NNc1ncc(F)c(NC2CCCC2CO)n1. The highest BCUT2D eigenvalue weighted by Gasteiger charge is 2.27. The number of hydrogen-bond donors (Lipinski definition) is 4. The lowest BCUT2D eigenvalue weighted by molar-refractivity contribution is 0.222. The zero-order chi connectivity index (χ0) is 12.3. The van der Waals surface area contributed by atoms with Gasteiger partial charge in [0.1, 0.15) is 0 Å². The van der Waals surface area contributed by atoms with Crippen LogP contribution in [0.4, 0.5) is 16.2 Å². The van der Waals surface area contributed by atoms with Gasteiger partial charge in [0.25, 0.3) is 0 Å². The van der Waals surface area contributed by atoms with Crippen LogP contribution in [0.15, 0.2) is 6.20 Å². The molecule has 2 rings (SSSR count). The van der Waals surface area contributed by atoms with Crippen LogP contribution < -0.4 is 16.6 Å². The summed E-state index contributed by atoms with van der Waals surface area (Å²) in [4.78, 5) is 7.57. The molecule has 1 aromatic heterocycles. The van der Waals surface area contributed by atoms with Crippen molar-refractivity contribution in [1.29, 1.82) is 0 Å². The number of rotatable bonds is 4. The lowest BCUT2D eigenvalue weighted by atomic mass is 10.1. The fourth-order valence-corrected chi connectivity index (χ4v) is 2.16. The van der Waals surface area contributed by atoms with E-state index < -0.39 is 5.82 Å². The van der Waals surface area contributed by atoms with Crippen molar-refractivity contribution in [1.82, 2.24) is 9.97 Å². The van der Waals surface area contributed by atoms with E-state index in [-0.39, 0.29) is 30.3 Å². The minimum atomic E-state index is -0.521. The van der Waals surface area contributed by atoms with E-state index in [2.05, 4.69) is 20.7 Å². The van der Waals surface area contributed by atoms with Crippen LogP contribution in [0.3, 0.4) is 0 Å². The van der Waals surface area contributed by atoms with Crippen LogP contribution in [-0.4, -0.2) is 27.7 Å². The first-order valence-electron chi connectivity index (χ1n) is 5.61. The molecular formula is C10H16FN5O. The molecular weight excluding hydrogens is 225 g/mol. The summed E-state index contributed by atoms with van der Waals surface area (Å²) in [5.41, 5.74) is 2.27. The number of halogens is 1. The lowest BCUT2D eigenvalue weighted by Gasteiger charge is -2.19. The number of hydrogen-bond acceptors (Lipinski definition) is 6. The van der Waals surface area contributed by atoms with Crippen LogP contribution in [-0.2, 0) is 0 Å². The third-order valence-electron chi connectivity index (χ3n) is 3.09. The highest BCUT2D eigenvalue weighted by atomic mass is 19.1. The number of hydrazine groups is 1. The Hall–Kier alpha value is -1.47. The molecule has 7 heteroatoms. The largest absolute Gasteiger partial charge is 0.396 e. The first-order chi connectivity index (χ1) is 8.24. The summed E-state index contributed by atoms with van der Waals surface area (Å²) in [6.45, 7) is 0.104. The van der Waals surface area contributed by atoms with Gasteiger partial charge in [-0.3, -0.25) is 5.43 Å². The van der Waals surface area contributed by atoms with Gasteiger partial charge in [-0.05, 0) is 12.8 Å². The van der Waals surface area contributed by atoms with Crippen molar-refractivity contribution < 1.29 is 9.50 Å². The Balaban J connectivity index is 2.12. The van der Waals surface area contributed by atoms with E-state index in [9.17, 15) is 9.50 Å². The number of aromatic nitrogens is 2. The zero-order valence-electron chi connectivity index (χ0n) is 9.36. The number of anilines is 2. The molecule has 1 aromatic rings. The number of aliphatic hydroxyl groups excluding tert-OH is 1. The van der Waals surface area contributed by atoms with Crippen molar-refractivity contribution in [2.45, 2.75) is 25.3 Å². The van der Waals surface area contributed by atoms with E-state index in [1.807, 2.05) is 0 Å². The van der Waals surface area contributed by atoms with Gasteiger partial charge in [-0.15, -0.1) is 0 Å². The Kier molecular flexibility index (Phi) is 3.70. The number of nitrogens with two attached hydrogens (primary N) is 1. The minimum absolute atomic E-state index is 0.0509. The fraction of sp³-hybridized carbons (Fsp3) is 0.600. The van der Waals surface area contributed by atoms with Gasteiger partial charge in [0, 0.05) is 18.6 Å². The average Bonchev–Trinajstić information content (AvgIpc) is 2.79. The monoisotopic (exact) mass is 241 g/mol. The smallest absolute Gasteiger partial charge is 0.239 e. The van der Waals surface area contributed by atoms with Gasteiger partial charge in [-0.25, -0.2) is 15.2 Å². The fourth-order valence-electron chi connectivity index (χ4n) is 2.16. The van der Waals surface area contributed by atoms with E-state index in [1.165, 1.54) is 0 Å². The molecule has 1 aliphatic carbocycles. The average molecular weight is 241 g/mol. The molecule has 0 saturated heterocycles. The first kappa shape index (κ1) is 12.0. The molecule has 0 amide bonds. The molecule has 0 radical (unpaired) electrons. The summed E-state index contributed by atoms with van der Waals surface area (Å²) in [6, 6.07) is 0.0509. The molecule has 1 saturated carbocycles. The van der Waals surface area contributed by atoms with Crippen LogP contribution >= 0.6 is 0 Å². The molecule has 0 aromatic carbocycles. The molecule has 2 unspecified atom stereocenters. The quantitative estimate of drug-likeness (QED) is 0.452. The summed E-state index contributed by atoms with van der Waals surface area (Å²) in [5, 5.41) is 12.2. The number of nitrogen functional groups attached to an aromatic ring is 1. The molecule has 5 N–H and O–H groups in total. The summed E-state index contributed by atoms with van der Waals surface area (Å²) < 4.78 is 13.5. The second-order valence-electron chi connectivity index (χ2n) is 4.16. The Bertz CT molecular complexity index is 389. The van der Waals surface area contributed by atoms with E-state index in [1.54, 1.807) is 0 Å². The molecule has 1 aliphatic rings. The molecule has 1 fully saturated rings. The van der Waals surface area contributed by atoms with E-state index in [0.717, 1.165) is 25.5 Å². The topological polar surface area (TPSA) is 96.1 Å². The minimum Gasteiger partial charge on any atom is -0.396 e. The van der Waals surface area contributed by atoms with Crippen LogP contribution in [0, 0.1) is 11.7 Å². The third kappa shape index (κ3) is 2.62.